The highest BCUT2D eigenvalue weighted by molar-refractivity contribution is 5.49. The van der Waals surface area contributed by atoms with Crippen LogP contribution in [-0.2, 0) is 6.54 Å². The van der Waals surface area contributed by atoms with Gasteiger partial charge in [0.1, 0.15) is 11.4 Å². The normalized spacial score (nSPS) is 14.7. The van der Waals surface area contributed by atoms with Gasteiger partial charge in [0.25, 0.3) is 5.56 Å². The monoisotopic (exact) mass is 297 g/mol. The standard InChI is InChI=1S/C14H14F3N3O/c1-2-19-13(7-3-4-7)12(18)14(21)20(19)11-6-9(16)8(15)5-10(11)17/h5-7H,2-4,18H2,1H3. The van der Waals surface area contributed by atoms with Crippen LogP contribution in [0.15, 0.2) is 16.9 Å². The lowest BCUT2D eigenvalue weighted by atomic mass is 10.2. The van der Waals surface area contributed by atoms with Crippen molar-refractivity contribution in [2.75, 3.05) is 5.73 Å². The molecule has 3 rings (SSSR count). The van der Waals surface area contributed by atoms with Gasteiger partial charge >= 0.3 is 0 Å². The fraction of sp³-hybridized carbons (Fsp3) is 0.357. The van der Waals surface area contributed by atoms with E-state index in [0.717, 1.165) is 17.5 Å². The van der Waals surface area contributed by atoms with Gasteiger partial charge in [0.15, 0.2) is 17.5 Å². The summed E-state index contributed by atoms with van der Waals surface area (Å²) in [5.74, 6) is -3.35. The number of anilines is 1. The Labute approximate surface area is 118 Å². The molecule has 0 spiro atoms. The number of halogens is 3. The zero-order valence-corrected chi connectivity index (χ0v) is 11.4. The second-order valence-corrected chi connectivity index (χ2v) is 5.12. The molecule has 1 fully saturated rings. The zero-order chi connectivity index (χ0) is 15.3. The minimum atomic E-state index is -1.30. The van der Waals surface area contributed by atoms with Crippen LogP contribution >= 0.6 is 0 Å². The van der Waals surface area contributed by atoms with E-state index in [4.69, 9.17) is 5.73 Å². The SMILES string of the molecule is CCn1c(C2CC2)c(N)c(=O)n1-c1cc(F)c(F)cc1F. The quantitative estimate of drug-likeness (QED) is 0.885. The first-order chi connectivity index (χ1) is 9.95. The number of aromatic nitrogens is 2. The van der Waals surface area contributed by atoms with Crippen LogP contribution in [0.5, 0.6) is 0 Å². The second-order valence-electron chi connectivity index (χ2n) is 5.12. The molecular formula is C14H14F3N3O. The lowest BCUT2D eigenvalue weighted by molar-refractivity contribution is 0.479. The summed E-state index contributed by atoms with van der Waals surface area (Å²) in [7, 11) is 0. The van der Waals surface area contributed by atoms with E-state index in [9.17, 15) is 18.0 Å². The first-order valence-corrected chi connectivity index (χ1v) is 6.71. The first-order valence-electron chi connectivity index (χ1n) is 6.71. The molecule has 1 heterocycles. The summed E-state index contributed by atoms with van der Waals surface area (Å²) in [5, 5.41) is 0. The third-order valence-corrected chi connectivity index (χ3v) is 3.70. The summed E-state index contributed by atoms with van der Waals surface area (Å²) in [4.78, 5) is 12.3. The van der Waals surface area contributed by atoms with Gasteiger partial charge < -0.3 is 5.73 Å². The van der Waals surface area contributed by atoms with Crippen molar-refractivity contribution in [1.29, 1.82) is 0 Å². The zero-order valence-electron chi connectivity index (χ0n) is 11.4. The average Bonchev–Trinajstić information content (AvgIpc) is 3.23. The lowest BCUT2D eigenvalue weighted by Gasteiger charge is -2.13. The molecule has 0 amide bonds. The van der Waals surface area contributed by atoms with Crippen LogP contribution in [0.25, 0.3) is 5.69 Å². The first kappa shape index (κ1) is 13.8. The Bertz CT molecular complexity index is 775. The van der Waals surface area contributed by atoms with Crippen molar-refractivity contribution in [2.24, 2.45) is 0 Å². The molecule has 0 atom stereocenters. The number of nitrogen functional groups attached to an aromatic ring is 1. The van der Waals surface area contributed by atoms with E-state index in [-0.39, 0.29) is 17.3 Å². The Morgan fingerprint density at radius 2 is 1.81 bits per heavy atom. The molecule has 1 aromatic heterocycles. The van der Waals surface area contributed by atoms with E-state index >= 15 is 0 Å². The Morgan fingerprint density at radius 3 is 2.38 bits per heavy atom. The molecule has 0 unspecified atom stereocenters. The lowest BCUT2D eigenvalue weighted by Crippen LogP contribution is -2.23. The van der Waals surface area contributed by atoms with E-state index in [1.807, 2.05) is 0 Å². The molecule has 1 aromatic carbocycles. The predicted octanol–water partition coefficient (Wildman–Crippen LogP) is 2.54. The molecule has 2 N–H and O–H groups in total. The minimum Gasteiger partial charge on any atom is -0.393 e. The molecule has 1 aliphatic carbocycles. The molecule has 21 heavy (non-hydrogen) atoms. The molecule has 2 aromatic rings. The summed E-state index contributed by atoms with van der Waals surface area (Å²) in [6.45, 7) is 2.15. The molecule has 0 radical (unpaired) electrons. The van der Waals surface area contributed by atoms with Gasteiger partial charge in [0, 0.05) is 24.6 Å². The molecule has 7 heteroatoms. The maximum atomic E-state index is 13.9. The van der Waals surface area contributed by atoms with Gasteiger partial charge in [-0.3, -0.25) is 9.48 Å². The molecular weight excluding hydrogens is 283 g/mol. The highest BCUT2D eigenvalue weighted by Crippen LogP contribution is 2.42. The Kier molecular flexibility index (Phi) is 3.07. The third kappa shape index (κ3) is 2.03. The average molecular weight is 297 g/mol. The summed E-state index contributed by atoms with van der Waals surface area (Å²) in [6.07, 6.45) is 1.82. The topological polar surface area (TPSA) is 52.9 Å². The fourth-order valence-electron chi connectivity index (χ4n) is 2.59. The second kappa shape index (κ2) is 4.68. The number of hydrogen-bond acceptors (Lipinski definition) is 2. The number of rotatable bonds is 3. The van der Waals surface area contributed by atoms with Crippen LogP contribution < -0.4 is 11.3 Å². The van der Waals surface area contributed by atoms with Gasteiger partial charge in [-0.1, -0.05) is 0 Å². The minimum absolute atomic E-state index is 0.0449. The van der Waals surface area contributed by atoms with E-state index in [1.54, 1.807) is 6.92 Å². The number of nitrogens with two attached hydrogens (primary N) is 1. The highest BCUT2D eigenvalue weighted by atomic mass is 19.2. The van der Waals surface area contributed by atoms with Gasteiger partial charge in [-0.2, -0.15) is 0 Å². The number of benzene rings is 1. The van der Waals surface area contributed by atoms with Gasteiger partial charge in [0.05, 0.1) is 5.69 Å². The van der Waals surface area contributed by atoms with Crippen molar-refractivity contribution in [3.63, 3.8) is 0 Å². The van der Waals surface area contributed by atoms with Crippen molar-refractivity contribution in [3.05, 3.63) is 45.6 Å². The highest BCUT2D eigenvalue weighted by Gasteiger charge is 2.33. The van der Waals surface area contributed by atoms with Crippen LogP contribution in [0.2, 0.25) is 0 Å². The maximum Gasteiger partial charge on any atom is 0.294 e. The van der Waals surface area contributed by atoms with Gasteiger partial charge in [-0.05, 0) is 19.8 Å². The van der Waals surface area contributed by atoms with Crippen LogP contribution in [0.3, 0.4) is 0 Å². The van der Waals surface area contributed by atoms with E-state index in [2.05, 4.69) is 0 Å². The van der Waals surface area contributed by atoms with Gasteiger partial charge in [0.2, 0.25) is 0 Å². The number of nitrogens with zero attached hydrogens (tertiary/aromatic N) is 2. The van der Waals surface area contributed by atoms with Crippen molar-refractivity contribution in [3.8, 4) is 5.69 Å². The molecule has 0 saturated heterocycles. The van der Waals surface area contributed by atoms with Gasteiger partial charge in [-0.25, -0.2) is 17.9 Å². The van der Waals surface area contributed by atoms with Crippen LogP contribution in [0.1, 0.15) is 31.4 Å². The molecule has 1 aliphatic rings. The summed E-state index contributed by atoms with van der Waals surface area (Å²) in [5.41, 5.74) is 5.58. The van der Waals surface area contributed by atoms with Crippen LogP contribution in [0, 0.1) is 17.5 Å². The van der Waals surface area contributed by atoms with Crippen molar-refractivity contribution >= 4 is 5.69 Å². The predicted molar refractivity (Wildman–Crippen MR) is 72.0 cm³/mol. The summed E-state index contributed by atoms with van der Waals surface area (Å²) in [6, 6.07) is 1.10. The van der Waals surface area contributed by atoms with Crippen LogP contribution in [-0.4, -0.2) is 9.36 Å². The Hall–Kier alpha value is -2.18. The van der Waals surface area contributed by atoms with Crippen molar-refractivity contribution < 1.29 is 13.2 Å². The Balaban J connectivity index is 2.30. The van der Waals surface area contributed by atoms with E-state index < -0.39 is 23.0 Å². The van der Waals surface area contributed by atoms with E-state index in [1.165, 1.54) is 4.68 Å². The molecule has 1 saturated carbocycles. The van der Waals surface area contributed by atoms with Crippen molar-refractivity contribution in [1.82, 2.24) is 9.36 Å². The van der Waals surface area contributed by atoms with Gasteiger partial charge in [-0.15, -0.1) is 0 Å². The summed E-state index contributed by atoms with van der Waals surface area (Å²) >= 11 is 0. The Morgan fingerprint density at radius 1 is 1.19 bits per heavy atom. The molecule has 4 nitrogen and oxygen atoms in total. The molecule has 0 aliphatic heterocycles. The summed E-state index contributed by atoms with van der Waals surface area (Å²) < 4.78 is 42.9. The van der Waals surface area contributed by atoms with Crippen molar-refractivity contribution in [2.45, 2.75) is 32.2 Å². The molecule has 0 bridgehead atoms. The smallest absolute Gasteiger partial charge is 0.294 e. The maximum absolute atomic E-state index is 13.9. The fourth-order valence-corrected chi connectivity index (χ4v) is 2.59. The third-order valence-electron chi connectivity index (χ3n) is 3.70. The largest absolute Gasteiger partial charge is 0.393 e. The number of hydrogen-bond donors (Lipinski definition) is 1. The van der Waals surface area contributed by atoms with Crippen LogP contribution in [0.4, 0.5) is 18.9 Å². The molecule has 112 valence electrons. The van der Waals surface area contributed by atoms with E-state index in [0.29, 0.717) is 24.4 Å².